The third-order valence-electron chi connectivity index (χ3n) is 0.341. The second-order valence-electron chi connectivity index (χ2n) is 0.995. The maximum absolute atomic E-state index is 9.34. The zero-order valence-corrected chi connectivity index (χ0v) is 8.40. The molecule has 1 unspecified atom stereocenters. The summed E-state index contributed by atoms with van der Waals surface area (Å²) in [6.07, 6.45) is -1.34. The Labute approximate surface area is 84.6 Å². The smallest absolute Gasteiger partial charge is 0.547 e. The van der Waals surface area contributed by atoms with Crippen molar-refractivity contribution < 1.29 is 66.3 Å². The van der Waals surface area contributed by atoms with Crippen LogP contribution in [-0.4, -0.2) is 17.2 Å². The minimum absolute atomic E-state index is 0. The average molecular weight is 160 g/mol. The van der Waals surface area contributed by atoms with E-state index in [2.05, 4.69) is 0 Å². The van der Waals surface area contributed by atoms with Crippen molar-refractivity contribution in [3.05, 3.63) is 0 Å². The van der Waals surface area contributed by atoms with E-state index in [0.29, 0.717) is 0 Å². The number of hydrogen-bond donors (Lipinski definition) is 1. The number of carbonyl (C=O) groups is 1. The Kier molecular flexibility index (Phi) is 16.4. The molecule has 3 nitrogen and oxygen atoms in total. The summed E-state index contributed by atoms with van der Waals surface area (Å²) in [6, 6.07) is 0. The molecule has 1 N–H and O–H groups in total. The van der Waals surface area contributed by atoms with Gasteiger partial charge in [0.25, 0.3) is 0 Å². The minimum Gasteiger partial charge on any atom is -0.547 e. The maximum atomic E-state index is 9.34. The van der Waals surface area contributed by atoms with Crippen LogP contribution in [0.3, 0.4) is 0 Å². The second-order valence-corrected chi connectivity index (χ2v) is 0.995. The van der Waals surface area contributed by atoms with E-state index in [1.54, 1.807) is 0 Å². The molecule has 0 spiro atoms. The molecule has 5 heteroatoms. The molecule has 40 valence electrons. The van der Waals surface area contributed by atoms with Crippen molar-refractivity contribution in [3.63, 3.8) is 0 Å². The van der Waals surface area contributed by atoms with Gasteiger partial charge in [0, 0.05) is 21.7 Å². The van der Waals surface area contributed by atoms with Crippen LogP contribution in [0.15, 0.2) is 0 Å². The SMILES string of the molecule is CC(O)C(=O)[O-].[Na+].[Ti]. The Hall–Kier alpha value is 1.14. The zero-order valence-electron chi connectivity index (χ0n) is 4.84. The Bertz CT molecular complexity index is 65.5. The Balaban J connectivity index is -0.000000125. The summed E-state index contributed by atoms with van der Waals surface area (Å²) in [4.78, 5) is 9.34. The van der Waals surface area contributed by atoms with Crippen molar-refractivity contribution in [2.75, 3.05) is 0 Å². The number of hydrogen-bond acceptors (Lipinski definition) is 3. The molecule has 1 atom stereocenters. The summed E-state index contributed by atoms with van der Waals surface area (Å²) in [7, 11) is 0. The van der Waals surface area contributed by atoms with Gasteiger partial charge in [-0.3, -0.25) is 0 Å². The molecule has 0 radical (unpaired) electrons. The summed E-state index contributed by atoms with van der Waals surface area (Å²) in [6.45, 7) is 1.13. The summed E-state index contributed by atoms with van der Waals surface area (Å²) >= 11 is 0. The van der Waals surface area contributed by atoms with Crippen LogP contribution in [0, 0.1) is 0 Å². The van der Waals surface area contributed by atoms with Gasteiger partial charge in [-0.1, -0.05) is 0 Å². The van der Waals surface area contributed by atoms with Gasteiger partial charge in [-0.15, -0.1) is 0 Å². The summed E-state index contributed by atoms with van der Waals surface area (Å²) in [5.74, 6) is -1.44. The number of rotatable bonds is 1. The largest absolute Gasteiger partial charge is 1.00 e. The predicted molar refractivity (Wildman–Crippen MR) is 16.7 cm³/mol. The van der Waals surface area contributed by atoms with Crippen LogP contribution in [0.1, 0.15) is 6.92 Å². The van der Waals surface area contributed by atoms with Crippen LogP contribution in [0.25, 0.3) is 0 Å². The van der Waals surface area contributed by atoms with Crippen molar-refractivity contribution in [3.8, 4) is 0 Å². The molecule has 0 saturated heterocycles. The van der Waals surface area contributed by atoms with Crippen LogP contribution < -0.4 is 34.7 Å². The molecule has 0 aromatic heterocycles. The molecule has 0 bridgehead atoms. The number of carboxylic acid groups (broad SMARTS) is 1. The van der Waals surface area contributed by atoms with E-state index in [0.717, 1.165) is 6.92 Å². The van der Waals surface area contributed by atoms with Crippen molar-refractivity contribution in [1.29, 1.82) is 0 Å². The van der Waals surface area contributed by atoms with E-state index >= 15 is 0 Å². The van der Waals surface area contributed by atoms with Crippen LogP contribution in [0.5, 0.6) is 0 Å². The molecule has 0 amide bonds. The molecule has 0 saturated carbocycles. The summed E-state index contributed by atoms with van der Waals surface area (Å²) in [5.41, 5.74) is 0. The zero-order chi connectivity index (χ0) is 5.15. The standard InChI is InChI=1S/C3H6O3.Na.Ti/c1-2(4)3(5)6;;/h2,4H,1H3,(H,5,6);;/q;+1;/p-1. The molecule has 0 fully saturated rings. The third-order valence-corrected chi connectivity index (χ3v) is 0.341. The van der Waals surface area contributed by atoms with Gasteiger partial charge in [-0.05, 0) is 6.92 Å². The van der Waals surface area contributed by atoms with Crippen LogP contribution in [0.4, 0.5) is 0 Å². The van der Waals surface area contributed by atoms with E-state index in [4.69, 9.17) is 5.11 Å². The molecule has 0 aliphatic heterocycles. The molecule has 0 heterocycles. The Morgan fingerprint density at radius 3 is 1.88 bits per heavy atom. The first-order chi connectivity index (χ1) is 2.64. The molecule has 0 aliphatic rings. The first-order valence-corrected chi connectivity index (χ1v) is 1.53. The Morgan fingerprint density at radius 1 is 1.75 bits per heavy atom. The fraction of sp³-hybridized carbons (Fsp3) is 0.667. The van der Waals surface area contributed by atoms with Crippen LogP contribution >= 0.6 is 0 Å². The molecule has 0 aromatic carbocycles. The number of carbonyl (C=O) groups excluding carboxylic acids is 1. The molecule has 0 aromatic rings. The fourth-order valence-electron chi connectivity index (χ4n) is 0. The monoisotopic (exact) mass is 160 g/mol. The topological polar surface area (TPSA) is 60.4 Å². The van der Waals surface area contributed by atoms with E-state index < -0.39 is 12.1 Å². The van der Waals surface area contributed by atoms with E-state index in [-0.39, 0.29) is 51.3 Å². The van der Waals surface area contributed by atoms with Crippen LogP contribution in [0.2, 0.25) is 0 Å². The van der Waals surface area contributed by atoms with Crippen LogP contribution in [-0.2, 0) is 26.5 Å². The normalized spacial score (nSPS) is 10.2. The van der Waals surface area contributed by atoms with Gasteiger partial charge in [0.05, 0.1) is 12.1 Å². The van der Waals surface area contributed by atoms with Gasteiger partial charge in [-0.2, -0.15) is 0 Å². The molecular weight excluding hydrogens is 155 g/mol. The van der Waals surface area contributed by atoms with E-state index in [1.165, 1.54) is 0 Å². The van der Waals surface area contributed by atoms with E-state index in [9.17, 15) is 9.90 Å². The van der Waals surface area contributed by atoms with Crippen molar-refractivity contribution >= 4 is 5.97 Å². The minimum atomic E-state index is -1.44. The molecule has 8 heavy (non-hydrogen) atoms. The second kappa shape index (κ2) is 8.14. The van der Waals surface area contributed by atoms with Gasteiger partial charge in [0.2, 0.25) is 0 Å². The van der Waals surface area contributed by atoms with Crippen molar-refractivity contribution in [2.24, 2.45) is 0 Å². The number of aliphatic hydroxyl groups excluding tert-OH is 1. The van der Waals surface area contributed by atoms with Gasteiger partial charge < -0.3 is 15.0 Å². The van der Waals surface area contributed by atoms with E-state index in [1.807, 2.05) is 0 Å². The number of aliphatic hydroxyl groups is 1. The molecule has 0 aliphatic carbocycles. The summed E-state index contributed by atoms with van der Waals surface area (Å²) in [5, 5.41) is 17.3. The van der Waals surface area contributed by atoms with Gasteiger partial charge in [0.15, 0.2) is 0 Å². The van der Waals surface area contributed by atoms with Crippen molar-refractivity contribution in [1.82, 2.24) is 0 Å². The number of carboxylic acids is 1. The third kappa shape index (κ3) is 10.2. The quantitative estimate of drug-likeness (QED) is 0.391. The maximum Gasteiger partial charge on any atom is 1.00 e. The van der Waals surface area contributed by atoms with Crippen molar-refractivity contribution in [2.45, 2.75) is 13.0 Å². The summed E-state index contributed by atoms with van der Waals surface area (Å²) < 4.78 is 0. The predicted octanol–water partition coefficient (Wildman–Crippen LogP) is -4.88. The van der Waals surface area contributed by atoms with Gasteiger partial charge in [-0.25, -0.2) is 0 Å². The fourth-order valence-corrected chi connectivity index (χ4v) is 0. The first-order valence-electron chi connectivity index (χ1n) is 1.53. The number of aliphatic carboxylic acids is 1. The first kappa shape index (κ1) is 16.1. The molecule has 0 rings (SSSR count). The average Bonchev–Trinajstić information content (AvgIpc) is 1.36. The van der Waals surface area contributed by atoms with Gasteiger partial charge >= 0.3 is 29.6 Å². The molecular formula is C3H5NaO3Ti. The van der Waals surface area contributed by atoms with Gasteiger partial charge in [0.1, 0.15) is 0 Å². The Morgan fingerprint density at radius 2 is 1.88 bits per heavy atom.